The molecule has 27 heavy (non-hydrogen) atoms. The number of carbonyl (C=O) groups excluding carboxylic acids is 1. The normalized spacial score (nSPS) is 17.7. The van der Waals surface area contributed by atoms with Gasteiger partial charge in [-0.05, 0) is 75.7 Å². The molecule has 3 rings (SSSR count). The van der Waals surface area contributed by atoms with Crippen LogP contribution in [0.4, 0.5) is 0 Å². The Kier molecular flexibility index (Phi) is 6.51. The van der Waals surface area contributed by atoms with Crippen LogP contribution < -0.4 is 10.1 Å². The highest BCUT2D eigenvalue weighted by Gasteiger charge is 2.19. The summed E-state index contributed by atoms with van der Waals surface area (Å²) in [6.07, 6.45) is 3.81. The van der Waals surface area contributed by atoms with Gasteiger partial charge in [0.05, 0.1) is 6.10 Å². The number of hydrogen-bond acceptors (Lipinski definition) is 3. The molecule has 0 aromatic heterocycles. The molecule has 2 aromatic rings. The summed E-state index contributed by atoms with van der Waals surface area (Å²) in [5.74, 6) is 0.860. The van der Waals surface area contributed by atoms with Crippen LogP contribution in [0.25, 0.3) is 11.1 Å². The SMILES string of the molecule is CC(C)Oc1cccc(-c2ccc(C(=O)NC[C@@H]3CCCCN3C)cc2)c1. The summed E-state index contributed by atoms with van der Waals surface area (Å²) in [6, 6.07) is 16.3. The number of carbonyl (C=O) groups is 1. The second-order valence-corrected chi connectivity index (χ2v) is 7.61. The van der Waals surface area contributed by atoms with Gasteiger partial charge in [-0.1, -0.05) is 30.7 Å². The lowest BCUT2D eigenvalue weighted by atomic mass is 10.0. The zero-order valence-corrected chi connectivity index (χ0v) is 16.6. The van der Waals surface area contributed by atoms with Crippen LogP contribution in [0.3, 0.4) is 0 Å². The van der Waals surface area contributed by atoms with Crippen molar-refractivity contribution in [1.82, 2.24) is 10.2 Å². The van der Waals surface area contributed by atoms with E-state index in [2.05, 4.69) is 23.3 Å². The van der Waals surface area contributed by atoms with Gasteiger partial charge in [-0.2, -0.15) is 0 Å². The Hall–Kier alpha value is -2.33. The second-order valence-electron chi connectivity index (χ2n) is 7.61. The fraction of sp³-hybridized carbons (Fsp3) is 0.435. The lowest BCUT2D eigenvalue weighted by Gasteiger charge is -2.32. The topological polar surface area (TPSA) is 41.6 Å². The van der Waals surface area contributed by atoms with Crippen LogP contribution >= 0.6 is 0 Å². The van der Waals surface area contributed by atoms with Crippen molar-refractivity contribution in [1.29, 1.82) is 0 Å². The van der Waals surface area contributed by atoms with Crippen LogP contribution in [-0.4, -0.2) is 43.1 Å². The lowest BCUT2D eigenvalue weighted by molar-refractivity contribution is 0.0928. The van der Waals surface area contributed by atoms with Gasteiger partial charge in [0.15, 0.2) is 0 Å². The first-order chi connectivity index (χ1) is 13.0. The Morgan fingerprint density at radius 3 is 2.63 bits per heavy atom. The van der Waals surface area contributed by atoms with Gasteiger partial charge in [-0.25, -0.2) is 0 Å². The van der Waals surface area contributed by atoms with E-state index < -0.39 is 0 Å². The Labute approximate surface area is 162 Å². The predicted molar refractivity (Wildman–Crippen MR) is 110 cm³/mol. The Morgan fingerprint density at radius 2 is 1.93 bits per heavy atom. The van der Waals surface area contributed by atoms with Crippen LogP contribution in [0.15, 0.2) is 48.5 Å². The zero-order valence-electron chi connectivity index (χ0n) is 16.6. The van der Waals surface area contributed by atoms with Gasteiger partial charge in [0, 0.05) is 18.2 Å². The summed E-state index contributed by atoms with van der Waals surface area (Å²) in [5, 5.41) is 3.09. The van der Waals surface area contributed by atoms with Gasteiger partial charge in [-0.3, -0.25) is 4.79 Å². The predicted octanol–water partition coefficient (Wildman–Crippen LogP) is 4.35. The molecular formula is C23H30N2O2. The number of hydrogen-bond donors (Lipinski definition) is 1. The van der Waals surface area contributed by atoms with Crippen molar-refractivity contribution < 1.29 is 9.53 Å². The summed E-state index contributed by atoms with van der Waals surface area (Å²) >= 11 is 0. The van der Waals surface area contributed by atoms with Crippen LogP contribution in [0.2, 0.25) is 0 Å². The third-order valence-corrected chi connectivity index (χ3v) is 5.11. The molecule has 1 amide bonds. The molecular weight excluding hydrogens is 336 g/mol. The van der Waals surface area contributed by atoms with Crippen molar-refractivity contribution in [3.63, 3.8) is 0 Å². The van der Waals surface area contributed by atoms with E-state index in [1.807, 2.05) is 56.3 Å². The number of nitrogens with one attached hydrogen (secondary N) is 1. The molecule has 0 radical (unpaired) electrons. The van der Waals surface area contributed by atoms with E-state index >= 15 is 0 Å². The first-order valence-corrected chi connectivity index (χ1v) is 9.88. The molecule has 2 aromatic carbocycles. The Morgan fingerprint density at radius 1 is 1.15 bits per heavy atom. The molecule has 0 saturated carbocycles. The number of benzene rings is 2. The van der Waals surface area contributed by atoms with Crippen LogP contribution in [0, 0.1) is 0 Å². The smallest absolute Gasteiger partial charge is 0.251 e. The van der Waals surface area contributed by atoms with Crippen LogP contribution in [0.1, 0.15) is 43.5 Å². The van der Waals surface area contributed by atoms with E-state index in [9.17, 15) is 4.79 Å². The van der Waals surface area contributed by atoms with Crippen molar-refractivity contribution in [2.24, 2.45) is 0 Å². The Balaban J connectivity index is 1.62. The average molecular weight is 367 g/mol. The minimum absolute atomic E-state index is 0.00239. The zero-order chi connectivity index (χ0) is 19.2. The largest absolute Gasteiger partial charge is 0.491 e. The summed E-state index contributed by atoms with van der Waals surface area (Å²) in [4.78, 5) is 14.8. The molecule has 144 valence electrons. The number of piperidine rings is 1. The maximum absolute atomic E-state index is 12.5. The first-order valence-electron chi connectivity index (χ1n) is 9.88. The summed E-state index contributed by atoms with van der Waals surface area (Å²) in [5.41, 5.74) is 2.86. The highest BCUT2D eigenvalue weighted by Crippen LogP contribution is 2.25. The molecule has 1 atom stereocenters. The van der Waals surface area contributed by atoms with Crippen molar-refractivity contribution in [2.45, 2.75) is 45.3 Å². The molecule has 4 nitrogen and oxygen atoms in total. The molecule has 1 saturated heterocycles. The van der Waals surface area contributed by atoms with Crippen molar-refractivity contribution >= 4 is 5.91 Å². The molecule has 1 aliphatic rings. The van der Waals surface area contributed by atoms with Gasteiger partial charge in [-0.15, -0.1) is 0 Å². The van der Waals surface area contributed by atoms with Crippen molar-refractivity contribution in [3.05, 3.63) is 54.1 Å². The van der Waals surface area contributed by atoms with Crippen molar-refractivity contribution in [3.8, 4) is 16.9 Å². The number of nitrogens with zero attached hydrogens (tertiary/aromatic N) is 1. The Bertz CT molecular complexity index is 755. The van der Waals surface area contributed by atoms with Crippen molar-refractivity contribution in [2.75, 3.05) is 20.1 Å². The minimum atomic E-state index is -0.00239. The molecule has 1 fully saturated rings. The van der Waals surface area contributed by atoms with E-state index in [-0.39, 0.29) is 12.0 Å². The molecule has 1 heterocycles. The van der Waals surface area contributed by atoms with Crippen LogP contribution in [-0.2, 0) is 0 Å². The standard InChI is InChI=1S/C23H30N2O2/c1-17(2)27-22-9-6-7-20(15-22)18-10-12-19(13-11-18)23(26)24-16-21-8-4-5-14-25(21)3/h6-7,9-13,15,17,21H,4-5,8,14,16H2,1-3H3,(H,24,26)/t21-/m0/s1. The molecule has 0 aliphatic carbocycles. The molecule has 0 spiro atoms. The van der Waals surface area contributed by atoms with Crippen LogP contribution in [0.5, 0.6) is 5.75 Å². The highest BCUT2D eigenvalue weighted by molar-refractivity contribution is 5.94. The van der Waals surface area contributed by atoms with Gasteiger partial charge in [0.2, 0.25) is 0 Å². The molecule has 0 unspecified atom stereocenters. The van der Waals surface area contributed by atoms with Gasteiger partial charge >= 0.3 is 0 Å². The fourth-order valence-corrected chi connectivity index (χ4v) is 3.55. The van der Waals surface area contributed by atoms with E-state index in [1.165, 1.54) is 12.8 Å². The van der Waals surface area contributed by atoms with E-state index in [4.69, 9.17) is 4.74 Å². The minimum Gasteiger partial charge on any atom is -0.491 e. The fourth-order valence-electron chi connectivity index (χ4n) is 3.55. The molecule has 1 N–H and O–H groups in total. The maximum atomic E-state index is 12.5. The summed E-state index contributed by atoms with van der Waals surface area (Å²) in [7, 11) is 2.14. The first kappa shape index (κ1) is 19.4. The van der Waals surface area contributed by atoms with Gasteiger partial charge < -0.3 is 15.0 Å². The van der Waals surface area contributed by atoms with E-state index in [1.54, 1.807) is 0 Å². The number of ether oxygens (including phenoxy) is 1. The van der Waals surface area contributed by atoms with E-state index in [0.29, 0.717) is 18.2 Å². The number of amides is 1. The maximum Gasteiger partial charge on any atom is 0.251 e. The van der Waals surface area contributed by atoms with E-state index in [0.717, 1.165) is 29.8 Å². The quantitative estimate of drug-likeness (QED) is 0.826. The number of rotatable bonds is 6. The number of likely N-dealkylation sites (N-methyl/N-ethyl adjacent to an activating group) is 1. The summed E-state index contributed by atoms with van der Waals surface area (Å²) in [6.45, 7) is 5.87. The molecule has 4 heteroatoms. The monoisotopic (exact) mass is 366 g/mol. The van der Waals surface area contributed by atoms with Gasteiger partial charge in [0.1, 0.15) is 5.75 Å². The third kappa shape index (κ3) is 5.33. The van der Waals surface area contributed by atoms with Gasteiger partial charge in [0.25, 0.3) is 5.91 Å². The second kappa shape index (κ2) is 9.05. The summed E-state index contributed by atoms with van der Waals surface area (Å²) < 4.78 is 5.77. The highest BCUT2D eigenvalue weighted by atomic mass is 16.5. The third-order valence-electron chi connectivity index (χ3n) is 5.11. The average Bonchev–Trinajstić information content (AvgIpc) is 2.67. The number of likely N-dealkylation sites (tertiary alicyclic amines) is 1. The lowest BCUT2D eigenvalue weighted by Crippen LogP contribution is -2.44. The molecule has 0 bridgehead atoms. The molecule has 1 aliphatic heterocycles.